The standard InChI is InChI=1S/C12H18N4O/c1-13-9-12(17)16-6-2-10(3-7-16)11-8-14-4-5-15-11/h4-5,8,10,13H,2-3,6-7,9H2,1H3. The monoisotopic (exact) mass is 234 g/mol. The predicted octanol–water partition coefficient (Wildman–Crippen LogP) is 0.402. The fourth-order valence-electron chi connectivity index (χ4n) is 2.21. The van der Waals surface area contributed by atoms with Crippen molar-refractivity contribution in [3.63, 3.8) is 0 Å². The first-order chi connectivity index (χ1) is 8.31. The zero-order valence-corrected chi connectivity index (χ0v) is 10.1. The van der Waals surface area contributed by atoms with Crippen molar-refractivity contribution < 1.29 is 4.79 Å². The Bertz CT molecular complexity index is 360. The molecule has 2 heterocycles. The maximum absolute atomic E-state index is 11.7. The van der Waals surface area contributed by atoms with Crippen LogP contribution in [0.25, 0.3) is 0 Å². The van der Waals surface area contributed by atoms with Gasteiger partial charge in [-0.2, -0.15) is 0 Å². The molecule has 0 bridgehead atoms. The predicted molar refractivity (Wildman–Crippen MR) is 64.5 cm³/mol. The van der Waals surface area contributed by atoms with Crippen LogP contribution >= 0.6 is 0 Å². The molecule has 0 spiro atoms. The third kappa shape index (κ3) is 3.00. The van der Waals surface area contributed by atoms with Gasteiger partial charge < -0.3 is 10.2 Å². The molecule has 5 heteroatoms. The Morgan fingerprint density at radius 3 is 2.82 bits per heavy atom. The van der Waals surface area contributed by atoms with Crippen LogP contribution in [0.15, 0.2) is 18.6 Å². The molecule has 0 saturated carbocycles. The number of amides is 1. The molecular formula is C12H18N4O. The van der Waals surface area contributed by atoms with Crippen molar-refractivity contribution in [1.29, 1.82) is 0 Å². The molecule has 92 valence electrons. The van der Waals surface area contributed by atoms with Crippen LogP contribution in [0, 0.1) is 0 Å². The molecule has 2 rings (SSSR count). The smallest absolute Gasteiger partial charge is 0.236 e. The highest BCUT2D eigenvalue weighted by Gasteiger charge is 2.23. The zero-order chi connectivity index (χ0) is 12.1. The van der Waals surface area contributed by atoms with Gasteiger partial charge in [-0.25, -0.2) is 0 Å². The number of carbonyl (C=O) groups is 1. The molecule has 0 unspecified atom stereocenters. The van der Waals surface area contributed by atoms with E-state index in [1.165, 1.54) is 0 Å². The normalized spacial score (nSPS) is 17.1. The highest BCUT2D eigenvalue weighted by Crippen LogP contribution is 2.25. The molecule has 17 heavy (non-hydrogen) atoms. The molecule has 0 aromatic carbocycles. The lowest BCUT2D eigenvalue weighted by molar-refractivity contribution is -0.131. The molecule has 1 amide bonds. The number of nitrogens with one attached hydrogen (secondary N) is 1. The summed E-state index contributed by atoms with van der Waals surface area (Å²) in [5.74, 6) is 0.632. The summed E-state index contributed by atoms with van der Waals surface area (Å²) in [6.45, 7) is 2.07. The summed E-state index contributed by atoms with van der Waals surface area (Å²) in [5.41, 5.74) is 1.05. The number of nitrogens with zero attached hydrogens (tertiary/aromatic N) is 3. The Kier molecular flexibility index (Phi) is 4.03. The van der Waals surface area contributed by atoms with Gasteiger partial charge in [0.1, 0.15) is 0 Å². The Balaban J connectivity index is 1.88. The molecule has 1 N–H and O–H groups in total. The van der Waals surface area contributed by atoms with E-state index in [0.29, 0.717) is 12.5 Å². The largest absolute Gasteiger partial charge is 0.342 e. The molecule has 1 aromatic rings. The second-order valence-corrected chi connectivity index (χ2v) is 4.32. The van der Waals surface area contributed by atoms with Crippen LogP contribution < -0.4 is 5.32 Å². The molecule has 1 saturated heterocycles. The summed E-state index contributed by atoms with van der Waals surface area (Å²) < 4.78 is 0. The van der Waals surface area contributed by atoms with Gasteiger partial charge in [-0.1, -0.05) is 0 Å². The van der Waals surface area contributed by atoms with E-state index in [1.807, 2.05) is 11.1 Å². The highest BCUT2D eigenvalue weighted by atomic mass is 16.2. The van der Waals surface area contributed by atoms with Crippen LogP contribution in [0.2, 0.25) is 0 Å². The first kappa shape index (κ1) is 12.0. The van der Waals surface area contributed by atoms with Gasteiger partial charge in [-0.15, -0.1) is 0 Å². The van der Waals surface area contributed by atoms with Gasteiger partial charge in [0.05, 0.1) is 12.2 Å². The average molecular weight is 234 g/mol. The first-order valence-corrected chi connectivity index (χ1v) is 5.99. The lowest BCUT2D eigenvalue weighted by atomic mass is 9.94. The van der Waals surface area contributed by atoms with Gasteiger partial charge in [-0.3, -0.25) is 14.8 Å². The van der Waals surface area contributed by atoms with Gasteiger partial charge in [0.2, 0.25) is 5.91 Å². The van der Waals surface area contributed by atoms with Crippen molar-refractivity contribution in [2.45, 2.75) is 18.8 Å². The number of aromatic nitrogens is 2. The molecule has 0 radical (unpaired) electrons. The zero-order valence-electron chi connectivity index (χ0n) is 10.1. The van der Waals surface area contributed by atoms with Gasteiger partial charge in [0.25, 0.3) is 0 Å². The number of rotatable bonds is 3. The van der Waals surface area contributed by atoms with E-state index in [9.17, 15) is 4.79 Å². The third-order valence-electron chi connectivity index (χ3n) is 3.18. The quantitative estimate of drug-likeness (QED) is 0.822. The van der Waals surface area contributed by atoms with Gasteiger partial charge >= 0.3 is 0 Å². The Hall–Kier alpha value is -1.49. The van der Waals surface area contributed by atoms with E-state index in [2.05, 4.69) is 15.3 Å². The highest BCUT2D eigenvalue weighted by molar-refractivity contribution is 5.78. The minimum atomic E-state index is 0.185. The summed E-state index contributed by atoms with van der Waals surface area (Å²) in [6, 6.07) is 0. The lowest BCUT2D eigenvalue weighted by Crippen LogP contribution is -2.42. The van der Waals surface area contributed by atoms with Crippen LogP contribution in [-0.4, -0.2) is 47.5 Å². The van der Waals surface area contributed by atoms with Crippen molar-refractivity contribution in [2.24, 2.45) is 0 Å². The molecular weight excluding hydrogens is 216 g/mol. The van der Waals surface area contributed by atoms with Gasteiger partial charge in [-0.05, 0) is 19.9 Å². The number of hydrogen-bond acceptors (Lipinski definition) is 4. The van der Waals surface area contributed by atoms with E-state index in [-0.39, 0.29) is 5.91 Å². The minimum absolute atomic E-state index is 0.185. The topological polar surface area (TPSA) is 58.1 Å². The molecule has 1 aliphatic rings. The van der Waals surface area contributed by atoms with Crippen molar-refractivity contribution in [3.8, 4) is 0 Å². The molecule has 1 aliphatic heterocycles. The van der Waals surface area contributed by atoms with E-state index in [4.69, 9.17) is 0 Å². The van der Waals surface area contributed by atoms with Crippen LogP contribution in [-0.2, 0) is 4.79 Å². The summed E-state index contributed by atoms with van der Waals surface area (Å²) in [5, 5.41) is 2.89. The summed E-state index contributed by atoms with van der Waals surface area (Å²) >= 11 is 0. The minimum Gasteiger partial charge on any atom is -0.342 e. The maximum atomic E-state index is 11.7. The second-order valence-electron chi connectivity index (χ2n) is 4.32. The molecule has 0 atom stereocenters. The molecule has 5 nitrogen and oxygen atoms in total. The van der Waals surface area contributed by atoms with Crippen molar-refractivity contribution in [3.05, 3.63) is 24.3 Å². The van der Waals surface area contributed by atoms with E-state index in [0.717, 1.165) is 31.6 Å². The van der Waals surface area contributed by atoms with Crippen molar-refractivity contribution >= 4 is 5.91 Å². The van der Waals surface area contributed by atoms with Crippen LogP contribution in [0.5, 0.6) is 0 Å². The summed E-state index contributed by atoms with van der Waals surface area (Å²) in [7, 11) is 1.80. The fraction of sp³-hybridized carbons (Fsp3) is 0.583. The van der Waals surface area contributed by atoms with Crippen LogP contribution in [0.1, 0.15) is 24.5 Å². The molecule has 1 fully saturated rings. The van der Waals surface area contributed by atoms with Crippen LogP contribution in [0.3, 0.4) is 0 Å². The fourth-order valence-corrected chi connectivity index (χ4v) is 2.21. The Labute approximate surface area is 101 Å². The number of hydrogen-bond donors (Lipinski definition) is 1. The second kappa shape index (κ2) is 5.72. The van der Waals surface area contributed by atoms with Crippen LogP contribution in [0.4, 0.5) is 0 Å². The maximum Gasteiger partial charge on any atom is 0.236 e. The summed E-state index contributed by atoms with van der Waals surface area (Å²) in [4.78, 5) is 22.0. The third-order valence-corrected chi connectivity index (χ3v) is 3.18. The lowest BCUT2D eigenvalue weighted by Gasteiger charge is -2.31. The first-order valence-electron chi connectivity index (χ1n) is 5.99. The molecule has 0 aliphatic carbocycles. The van der Waals surface area contributed by atoms with Crippen molar-refractivity contribution in [2.75, 3.05) is 26.7 Å². The van der Waals surface area contributed by atoms with E-state index >= 15 is 0 Å². The van der Waals surface area contributed by atoms with E-state index < -0.39 is 0 Å². The van der Waals surface area contributed by atoms with Crippen molar-refractivity contribution in [1.82, 2.24) is 20.2 Å². The number of carbonyl (C=O) groups excluding carboxylic acids is 1. The Morgan fingerprint density at radius 2 is 2.24 bits per heavy atom. The average Bonchev–Trinajstić information content (AvgIpc) is 2.40. The molecule has 1 aromatic heterocycles. The summed E-state index contributed by atoms with van der Waals surface area (Å²) in [6.07, 6.45) is 7.21. The number of piperidine rings is 1. The number of likely N-dealkylation sites (tertiary alicyclic amines) is 1. The number of likely N-dealkylation sites (N-methyl/N-ethyl adjacent to an activating group) is 1. The van der Waals surface area contributed by atoms with E-state index in [1.54, 1.807) is 19.4 Å². The van der Waals surface area contributed by atoms with Gasteiger partial charge in [0.15, 0.2) is 0 Å². The SMILES string of the molecule is CNCC(=O)N1CCC(c2cnccn2)CC1. The van der Waals surface area contributed by atoms with Gasteiger partial charge in [0, 0.05) is 37.6 Å². The Morgan fingerprint density at radius 1 is 1.47 bits per heavy atom.